The number of hydrogen-bond donors (Lipinski definition) is 1. The van der Waals surface area contributed by atoms with E-state index in [1.807, 2.05) is 6.07 Å². The SMILES string of the molecule is CC[C@@H](NC(=O)c1ccc(OC)nc1)[C@H]1CC[C@@H](c2ccnc3c(C(F)(F)F)cccc32)CC1. The van der Waals surface area contributed by atoms with E-state index in [0.717, 1.165) is 43.7 Å². The lowest BCUT2D eigenvalue weighted by molar-refractivity contribution is -0.136. The quantitative estimate of drug-likeness (QED) is 0.469. The highest BCUT2D eigenvalue weighted by molar-refractivity contribution is 5.94. The maximum absolute atomic E-state index is 13.5. The molecule has 34 heavy (non-hydrogen) atoms. The van der Waals surface area contributed by atoms with Gasteiger partial charge in [0.05, 0.1) is 23.8 Å². The minimum absolute atomic E-state index is 0.0152. The van der Waals surface area contributed by atoms with Crippen LogP contribution in [0.3, 0.4) is 0 Å². The van der Waals surface area contributed by atoms with Gasteiger partial charge in [-0.25, -0.2) is 4.98 Å². The number of carbonyl (C=O) groups excluding carboxylic acids is 1. The van der Waals surface area contributed by atoms with E-state index in [1.54, 1.807) is 18.2 Å². The average molecular weight is 472 g/mol. The van der Waals surface area contributed by atoms with E-state index in [9.17, 15) is 18.0 Å². The van der Waals surface area contributed by atoms with E-state index in [1.165, 1.54) is 25.6 Å². The van der Waals surface area contributed by atoms with Gasteiger partial charge in [-0.15, -0.1) is 0 Å². The summed E-state index contributed by atoms with van der Waals surface area (Å²) in [4.78, 5) is 20.9. The topological polar surface area (TPSA) is 64.1 Å². The van der Waals surface area contributed by atoms with Gasteiger partial charge >= 0.3 is 6.18 Å². The number of fused-ring (bicyclic) bond motifs is 1. The van der Waals surface area contributed by atoms with Gasteiger partial charge in [0.2, 0.25) is 5.88 Å². The van der Waals surface area contributed by atoms with Gasteiger partial charge < -0.3 is 10.1 Å². The Kier molecular flexibility index (Phi) is 7.05. The van der Waals surface area contributed by atoms with Gasteiger partial charge in [0, 0.05) is 29.9 Å². The van der Waals surface area contributed by atoms with Crippen LogP contribution < -0.4 is 10.1 Å². The molecular formula is C26H28F3N3O2. The lowest BCUT2D eigenvalue weighted by Gasteiger charge is -2.34. The van der Waals surface area contributed by atoms with E-state index < -0.39 is 11.7 Å². The lowest BCUT2D eigenvalue weighted by Crippen LogP contribution is -2.41. The van der Waals surface area contributed by atoms with Crippen molar-refractivity contribution in [3.63, 3.8) is 0 Å². The number of pyridine rings is 2. The van der Waals surface area contributed by atoms with Gasteiger partial charge in [0.15, 0.2) is 0 Å². The van der Waals surface area contributed by atoms with E-state index >= 15 is 0 Å². The maximum Gasteiger partial charge on any atom is 0.418 e. The van der Waals surface area contributed by atoms with Crippen LogP contribution in [0.1, 0.15) is 66.4 Å². The molecule has 3 aromatic rings. The monoisotopic (exact) mass is 471 g/mol. The second-order valence-corrected chi connectivity index (χ2v) is 8.79. The van der Waals surface area contributed by atoms with Crippen LogP contribution in [-0.2, 0) is 6.18 Å². The molecule has 0 bridgehead atoms. The summed E-state index contributed by atoms with van der Waals surface area (Å²) in [7, 11) is 1.52. The molecule has 0 radical (unpaired) electrons. The van der Waals surface area contributed by atoms with Gasteiger partial charge in [-0.1, -0.05) is 19.1 Å². The molecule has 0 saturated heterocycles. The number of nitrogens with one attached hydrogen (secondary N) is 1. The summed E-state index contributed by atoms with van der Waals surface area (Å²) in [5.74, 6) is 0.774. The predicted molar refractivity (Wildman–Crippen MR) is 124 cm³/mol. The van der Waals surface area contributed by atoms with Gasteiger partial charge in [-0.2, -0.15) is 13.2 Å². The highest BCUT2D eigenvalue weighted by Gasteiger charge is 2.34. The molecule has 1 amide bonds. The van der Waals surface area contributed by atoms with E-state index in [-0.39, 0.29) is 23.4 Å². The number of alkyl halides is 3. The summed E-state index contributed by atoms with van der Waals surface area (Å²) in [6.07, 6.45) is 2.86. The number of halogens is 3. The number of para-hydroxylation sites is 1. The maximum atomic E-state index is 13.5. The van der Waals surface area contributed by atoms with E-state index in [2.05, 4.69) is 22.2 Å². The Morgan fingerprint density at radius 2 is 1.88 bits per heavy atom. The lowest BCUT2D eigenvalue weighted by atomic mass is 9.75. The van der Waals surface area contributed by atoms with Crippen molar-refractivity contribution >= 4 is 16.8 Å². The number of nitrogens with zero attached hydrogens (tertiary/aromatic N) is 2. The normalized spacial score (nSPS) is 19.6. The van der Waals surface area contributed by atoms with Gasteiger partial charge in [0.1, 0.15) is 0 Å². The number of methoxy groups -OCH3 is 1. The Hall–Kier alpha value is -3.16. The Labute approximate surface area is 196 Å². The summed E-state index contributed by atoms with van der Waals surface area (Å²) >= 11 is 0. The third-order valence-corrected chi connectivity index (χ3v) is 6.85. The fourth-order valence-electron chi connectivity index (χ4n) is 5.06. The molecule has 1 atom stereocenters. The molecule has 4 rings (SSSR count). The van der Waals surface area contributed by atoms with Crippen LogP contribution in [0.2, 0.25) is 0 Å². The first-order valence-corrected chi connectivity index (χ1v) is 11.6. The molecule has 8 heteroatoms. The number of carbonyl (C=O) groups is 1. The molecule has 1 saturated carbocycles. The van der Waals surface area contributed by atoms with Crippen molar-refractivity contribution in [3.05, 3.63) is 65.5 Å². The summed E-state index contributed by atoms with van der Waals surface area (Å²) in [5.41, 5.74) is 0.733. The van der Waals surface area contributed by atoms with Crippen molar-refractivity contribution in [3.8, 4) is 5.88 Å². The first kappa shape index (κ1) is 24.0. The third kappa shape index (κ3) is 5.00. The summed E-state index contributed by atoms with van der Waals surface area (Å²) in [6.45, 7) is 2.05. The largest absolute Gasteiger partial charge is 0.481 e. The zero-order chi connectivity index (χ0) is 24.3. The second-order valence-electron chi connectivity index (χ2n) is 8.79. The molecule has 0 spiro atoms. The third-order valence-electron chi connectivity index (χ3n) is 6.85. The molecule has 180 valence electrons. The predicted octanol–water partition coefficient (Wildman–Crippen LogP) is 6.14. The van der Waals surface area contributed by atoms with E-state index in [4.69, 9.17) is 4.74 Å². The number of hydrogen-bond acceptors (Lipinski definition) is 4. The fourth-order valence-corrected chi connectivity index (χ4v) is 5.06. The Morgan fingerprint density at radius 1 is 1.12 bits per heavy atom. The van der Waals surface area contributed by atoms with Crippen LogP contribution in [-0.4, -0.2) is 29.0 Å². The second kappa shape index (κ2) is 9.99. The van der Waals surface area contributed by atoms with Crippen molar-refractivity contribution in [2.75, 3.05) is 7.11 Å². The Bertz CT molecular complexity index is 1140. The van der Waals surface area contributed by atoms with Crippen LogP contribution in [0.25, 0.3) is 10.9 Å². The van der Waals surface area contributed by atoms with Crippen LogP contribution in [0, 0.1) is 5.92 Å². The van der Waals surface area contributed by atoms with Crippen molar-refractivity contribution in [1.29, 1.82) is 0 Å². The van der Waals surface area contributed by atoms with Gasteiger partial charge in [0.25, 0.3) is 5.91 Å². The number of rotatable bonds is 6. The number of ether oxygens (including phenoxy) is 1. The molecule has 0 unspecified atom stereocenters. The number of aromatic nitrogens is 2. The van der Waals surface area contributed by atoms with Crippen molar-refractivity contribution in [2.24, 2.45) is 5.92 Å². The Balaban J connectivity index is 1.45. The molecular weight excluding hydrogens is 443 g/mol. The number of amides is 1. The van der Waals surface area contributed by atoms with Crippen LogP contribution >= 0.6 is 0 Å². The van der Waals surface area contributed by atoms with Crippen molar-refractivity contribution in [2.45, 2.75) is 57.2 Å². The van der Waals surface area contributed by atoms with E-state index in [0.29, 0.717) is 22.7 Å². The fraction of sp³-hybridized carbons (Fsp3) is 0.423. The first-order valence-electron chi connectivity index (χ1n) is 11.6. The average Bonchev–Trinajstić information content (AvgIpc) is 2.86. The molecule has 2 heterocycles. The highest BCUT2D eigenvalue weighted by atomic mass is 19.4. The summed E-state index contributed by atoms with van der Waals surface area (Å²) in [6, 6.07) is 9.50. The van der Waals surface area contributed by atoms with Gasteiger partial charge in [-0.05, 0) is 67.7 Å². The minimum atomic E-state index is -4.44. The smallest absolute Gasteiger partial charge is 0.418 e. The minimum Gasteiger partial charge on any atom is -0.481 e. The molecule has 1 N–H and O–H groups in total. The van der Waals surface area contributed by atoms with Gasteiger partial charge in [-0.3, -0.25) is 9.78 Å². The summed E-state index contributed by atoms with van der Waals surface area (Å²) in [5, 5.41) is 3.72. The van der Waals surface area contributed by atoms with Crippen LogP contribution in [0.15, 0.2) is 48.8 Å². The molecule has 1 fully saturated rings. The van der Waals surface area contributed by atoms with Crippen LogP contribution in [0.4, 0.5) is 13.2 Å². The molecule has 0 aliphatic heterocycles. The highest BCUT2D eigenvalue weighted by Crippen LogP contribution is 2.41. The molecule has 2 aromatic heterocycles. The first-order chi connectivity index (χ1) is 16.3. The molecule has 1 aliphatic rings. The summed E-state index contributed by atoms with van der Waals surface area (Å²) < 4.78 is 45.4. The van der Waals surface area contributed by atoms with Crippen LogP contribution in [0.5, 0.6) is 5.88 Å². The number of benzene rings is 1. The Morgan fingerprint density at radius 3 is 2.50 bits per heavy atom. The zero-order valence-corrected chi connectivity index (χ0v) is 19.2. The van der Waals surface area contributed by atoms with Crippen molar-refractivity contribution in [1.82, 2.24) is 15.3 Å². The molecule has 5 nitrogen and oxygen atoms in total. The van der Waals surface area contributed by atoms with Crippen molar-refractivity contribution < 1.29 is 22.7 Å². The zero-order valence-electron chi connectivity index (χ0n) is 19.2. The molecule has 1 aliphatic carbocycles. The molecule has 1 aromatic carbocycles. The standard InChI is InChI=1S/C26H28F3N3O2/c1-3-22(32-25(33)18-11-12-23(34-2)31-15-18)17-9-7-16(8-10-17)19-13-14-30-24-20(19)5-4-6-21(24)26(27,28)29/h4-6,11-17,22H,3,7-10H2,1-2H3,(H,32,33)/t16-,17+,22-/m1/s1.